The summed E-state index contributed by atoms with van der Waals surface area (Å²) in [6.07, 6.45) is 5.34. The van der Waals surface area contributed by atoms with Crippen LogP contribution in [-0.2, 0) is 0 Å². The number of thioether (sulfide) groups is 1. The number of aromatic nitrogens is 1. The minimum Gasteiger partial charge on any atom is -0.359 e. The van der Waals surface area contributed by atoms with Crippen LogP contribution in [0.2, 0.25) is 0 Å². The molecule has 1 saturated heterocycles. The lowest BCUT2D eigenvalue weighted by molar-refractivity contribution is 0.0952. The number of hydrogen-bond donors (Lipinski definition) is 2. The molecule has 1 atom stereocenters. The Kier molecular flexibility index (Phi) is 3.75. The van der Waals surface area contributed by atoms with Gasteiger partial charge in [-0.15, -0.1) is 0 Å². The molecule has 0 spiro atoms. The predicted octanol–water partition coefficient (Wildman–Crippen LogP) is 2.20. The van der Waals surface area contributed by atoms with E-state index in [1.807, 2.05) is 11.8 Å². The molecule has 2 N–H and O–H groups in total. The Morgan fingerprint density at radius 3 is 3.06 bits per heavy atom. The molecule has 1 unspecified atom stereocenters. The second-order valence-electron chi connectivity index (χ2n) is 4.89. The minimum atomic E-state index is 0.0215. The molecule has 1 aliphatic carbocycles. The summed E-state index contributed by atoms with van der Waals surface area (Å²) < 4.78 is 0. The van der Waals surface area contributed by atoms with Crippen molar-refractivity contribution in [1.82, 2.24) is 10.3 Å². The van der Waals surface area contributed by atoms with Gasteiger partial charge in [0.25, 0.3) is 5.91 Å². The fourth-order valence-electron chi connectivity index (χ4n) is 1.92. The minimum absolute atomic E-state index is 0.0215. The van der Waals surface area contributed by atoms with E-state index in [0.29, 0.717) is 16.8 Å². The molecule has 0 aromatic carbocycles. The molecule has 2 heterocycles. The van der Waals surface area contributed by atoms with Gasteiger partial charge < -0.3 is 10.6 Å². The van der Waals surface area contributed by atoms with E-state index in [1.54, 1.807) is 6.20 Å². The Balaban J connectivity index is 1.49. The van der Waals surface area contributed by atoms with Gasteiger partial charge in [0.1, 0.15) is 4.88 Å². The van der Waals surface area contributed by atoms with Gasteiger partial charge in [0.15, 0.2) is 5.13 Å². The van der Waals surface area contributed by atoms with Crippen molar-refractivity contribution in [3.63, 3.8) is 0 Å². The first-order valence-electron chi connectivity index (χ1n) is 6.39. The van der Waals surface area contributed by atoms with E-state index in [0.717, 1.165) is 11.7 Å². The lowest BCUT2D eigenvalue weighted by Gasteiger charge is -2.08. The monoisotopic (exact) mass is 283 g/mol. The lowest BCUT2D eigenvalue weighted by Crippen LogP contribution is -2.28. The van der Waals surface area contributed by atoms with E-state index < -0.39 is 0 Å². The number of anilines is 1. The summed E-state index contributed by atoms with van der Waals surface area (Å²) in [6, 6.07) is 0.586. The van der Waals surface area contributed by atoms with E-state index in [9.17, 15) is 4.79 Å². The van der Waals surface area contributed by atoms with Crippen LogP contribution in [0.5, 0.6) is 0 Å². The standard InChI is InChI=1S/C12H17N3OS2/c16-11(13-5-8-3-4-17-7-8)10-6-14-12(18-10)15-9-1-2-9/h6,8-9H,1-5,7H2,(H,13,16)(H,14,15). The molecule has 6 heteroatoms. The highest BCUT2D eigenvalue weighted by molar-refractivity contribution is 7.99. The van der Waals surface area contributed by atoms with Crippen LogP contribution in [-0.4, -0.2) is 35.0 Å². The summed E-state index contributed by atoms with van der Waals surface area (Å²) >= 11 is 3.43. The Labute approximate surface area is 115 Å². The van der Waals surface area contributed by atoms with Gasteiger partial charge in [-0.1, -0.05) is 11.3 Å². The molecule has 3 rings (SSSR count). The summed E-state index contributed by atoms with van der Waals surface area (Å²) in [6.45, 7) is 0.801. The molecule has 0 radical (unpaired) electrons. The number of hydrogen-bond acceptors (Lipinski definition) is 5. The van der Waals surface area contributed by atoms with Gasteiger partial charge in [0.05, 0.1) is 6.20 Å². The molecule has 98 valence electrons. The van der Waals surface area contributed by atoms with Crippen LogP contribution in [0, 0.1) is 5.92 Å². The third-order valence-electron chi connectivity index (χ3n) is 3.21. The van der Waals surface area contributed by atoms with Gasteiger partial charge in [0.2, 0.25) is 0 Å². The Bertz CT molecular complexity index is 425. The average molecular weight is 283 g/mol. The molecule has 1 aromatic rings. The second-order valence-corrected chi connectivity index (χ2v) is 7.07. The molecule has 4 nitrogen and oxygen atoms in total. The van der Waals surface area contributed by atoms with E-state index in [2.05, 4.69) is 15.6 Å². The van der Waals surface area contributed by atoms with E-state index >= 15 is 0 Å². The number of nitrogens with zero attached hydrogens (tertiary/aromatic N) is 1. The zero-order valence-corrected chi connectivity index (χ0v) is 11.8. The number of rotatable bonds is 5. The van der Waals surface area contributed by atoms with Gasteiger partial charge in [-0.25, -0.2) is 4.98 Å². The van der Waals surface area contributed by atoms with Crippen molar-refractivity contribution in [3.8, 4) is 0 Å². The zero-order chi connectivity index (χ0) is 12.4. The van der Waals surface area contributed by atoms with Gasteiger partial charge in [-0.2, -0.15) is 11.8 Å². The first-order valence-corrected chi connectivity index (χ1v) is 8.36. The highest BCUT2D eigenvalue weighted by Gasteiger charge is 2.23. The van der Waals surface area contributed by atoms with E-state index in [-0.39, 0.29) is 5.91 Å². The Morgan fingerprint density at radius 2 is 2.33 bits per heavy atom. The molecule has 0 bridgehead atoms. The Hall–Kier alpha value is -0.750. The average Bonchev–Trinajstić information content (AvgIpc) is 2.87. The summed E-state index contributed by atoms with van der Waals surface area (Å²) in [5.74, 6) is 3.08. The van der Waals surface area contributed by atoms with Crippen LogP contribution in [0.1, 0.15) is 28.9 Å². The Morgan fingerprint density at radius 1 is 1.44 bits per heavy atom. The molecule has 1 aromatic heterocycles. The highest BCUT2D eigenvalue weighted by Crippen LogP contribution is 2.27. The van der Waals surface area contributed by atoms with Crippen LogP contribution in [0.15, 0.2) is 6.20 Å². The number of carbonyl (C=O) groups is 1. The fraction of sp³-hybridized carbons (Fsp3) is 0.667. The summed E-state index contributed by atoms with van der Waals surface area (Å²) in [5, 5.41) is 7.20. The topological polar surface area (TPSA) is 54.0 Å². The molecule has 2 aliphatic rings. The van der Waals surface area contributed by atoms with Crippen molar-refractivity contribution in [3.05, 3.63) is 11.1 Å². The third-order valence-corrected chi connectivity index (χ3v) is 5.37. The molecular formula is C12H17N3OS2. The fourth-order valence-corrected chi connectivity index (χ4v) is 4.01. The van der Waals surface area contributed by atoms with Gasteiger partial charge in [0, 0.05) is 12.6 Å². The zero-order valence-electron chi connectivity index (χ0n) is 10.1. The highest BCUT2D eigenvalue weighted by atomic mass is 32.2. The van der Waals surface area contributed by atoms with Gasteiger partial charge >= 0.3 is 0 Å². The van der Waals surface area contributed by atoms with Crippen molar-refractivity contribution >= 4 is 34.1 Å². The molecule has 1 saturated carbocycles. The maximum Gasteiger partial charge on any atom is 0.263 e. The van der Waals surface area contributed by atoms with E-state index in [1.165, 1.54) is 42.1 Å². The van der Waals surface area contributed by atoms with Crippen molar-refractivity contribution in [2.45, 2.75) is 25.3 Å². The molecule has 1 amide bonds. The van der Waals surface area contributed by atoms with Crippen LogP contribution in [0.3, 0.4) is 0 Å². The van der Waals surface area contributed by atoms with E-state index in [4.69, 9.17) is 0 Å². The first-order chi connectivity index (χ1) is 8.81. The molecule has 1 aliphatic heterocycles. The normalized spacial score (nSPS) is 23.0. The quantitative estimate of drug-likeness (QED) is 0.870. The second kappa shape index (κ2) is 5.48. The maximum atomic E-state index is 11.9. The first kappa shape index (κ1) is 12.3. The summed E-state index contributed by atoms with van der Waals surface area (Å²) in [7, 11) is 0. The SMILES string of the molecule is O=C(NCC1CCSC1)c1cnc(NC2CC2)s1. The molecular weight excluding hydrogens is 266 g/mol. The van der Waals surface area contributed by atoms with Gasteiger partial charge in [-0.3, -0.25) is 4.79 Å². The van der Waals surface area contributed by atoms with Crippen LogP contribution in [0.25, 0.3) is 0 Å². The smallest absolute Gasteiger partial charge is 0.263 e. The van der Waals surface area contributed by atoms with Gasteiger partial charge in [-0.05, 0) is 36.7 Å². The van der Waals surface area contributed by atoms with Crippen molar-refractivity contribution < 1.29 is 4.79 Å². The number of amides is 1. The molecule has 2 fully saturated rings. The van der Waals surface area contributed by atoms with Crippen LogP contribution < -0.4 is 10.6 Å². The van der Waals surface area contributed by atoms with Crippen LogP contribution >= 0.6 is 23.1 Å². The lowest BCUT2D eigenvalue weighted by atomic mass is 10.1. The number of carbonyl (C=O) groups excluding carboxylic acids is 1. The predicted molar refractivity (Wildman–Crippen MR) is 76.5 cm³/mol. The maximum absolute atomic E-state index is 11.9. The number of nitrogens with one attached hydrogen (secondary N) is 2. The number of thiazole rings is 1. The van der Waals surface area contributed by atoms with Crippen molar-refractivity contribution in [1.29, 1.82) is 0 Å². The third kappa shape index (κ3) is 3.17. The largest absolute Gasteiger partial charge is 0.359 e. The summed E-state index contributed by atoms with van der Waals surface area (Å²) in [5.41, 5.74) is 0. The molecule has 18 heavy (non-hydrogen) atoms. The van der Waals surface area contributed by atoms with Crippen LogP contribution in [0.4, 0.5) is 5.13 Å². The summed E-state index contributed by atoms with van der Waals surface area (Å²) in [4.78, 5) is 16.9. The van der Waals surface area contributed by atoms with Crippen molar-refractivity contribution in [2.24, 2.45) is 5.92 Å². The van der Waals surface area contributed by atoms with Crippen molar-refractivity contribution in [2.75, 3.05) is 23.4 Å².